The molecular weight excluding hydrogens is 464 g/mol. The summed E-state index contributed by atoms with van der Waals surface area (Å²) >= 11 is 1.60. The van der Waals surface area contributed by atoms with E-state index >= 15 is 0 Å². The van der Waals surface area contributed by atoms with Crippen LogP contribution in [0.2, 0.25) is 0 Å². The average molecular weight is 495 g/mol. The fraction of sp³-hybridized carbons (Fsp3) is 0.346. The third-order valence-corrected chi connectivity index (χ3v) is 7.34. The van der Waals surface area contributed by atoms with E-state index in [0.717, 1.165) is 27.3 Å². The average Bonchev–Trinajstić information content (AvgIpc) is 3.41. The van der Waals surface area contributed by atoms with E-state index in [9.17, 15) is 14.4 Å². The Morgan fingerprint density at radius 3 is 2.54 bits per heavy atom. The summed E-state index contributed by atoms with van der Waals surface area (Å²) in [6.07, 6.45) is 0.458. The van der Waals surface area contributed by atoms with E-state index in [1.165, 1.54) is 0 Å². The minimum atomic E-state index is -0.582. The molecule has 2 amide bonds. The second-order valence-electron chi connectivity index (χ2n) is 8.66. The first kappa shape index (κ1) is 24.7. The minimum Gasteiger partial charge on any atom is -0.462 e. The summed E-state index contributed by atoms with van der Waals surface area (Å²) in [7, 11) is 0. The van der Waals surface area contributed by atoms with Crippen LogP contribution in [0.1, 0.15) is 44.5 Å². The topological polar surface area (TPSA) is 107 Å². The van der Waals surface area contributed by atoms with Crippen molar-refractivity contribution >= 4 is 34.9 Å². The Kier molecular flexibility index (Phi) is 7.37. The number of aromatic nitrogens is 1. The van der Waals surface area contributed by atoms with Crippen LogP contribution in [0.4, 0.5) is 5.82 Å². The van der Waals surface area contributed by atoms with Crippen LogP contribution in [0.25, 0.3) is 0 Å². The number of nitrogens with zero attached hydrogens (tertiary/aromatic N) is 2. The number of hydrogen-bond donors (Lipinski definition) is 2. The Morgan fingerprint density at radius 2 is 1.89 bits per heavy atom. The zero-order valence-electron chi connectivity index (χ0n) is 20.2. The van der Waals surface area contributed by atoms with Crippen LogP contribution in [0.15, 0.2) is 41.8 Å². The van der Waals surface area contributed by atoms with Gasteiger partial charge < -0.3 is 20.4 Å². The number of nitrogens with one attached hydrogen (secondary N) is 1. The fourth-order valence-electron chi connectivity index (χ4n) is 4.58. The van der Waals surface area contributed by atoms with Gasteiger partial charge in [0.1, 0.15) is 11.4 Å². The van der Waals surface area contributed by atoms with Gasteiger partial charge in [0.25, 0.3) is 0 Å². The SMILES string of the molecule is CCOC(=O)c1c(C)c(C)n(Cc2cccs2)c1NC(=O)CN1Cc2ccccc2C[C@@H]1C(N)=O. The predicted octanol–water partition coefficient (Wildman–Crippen LogP) is 3.24. The van der Waals surface area contributed by atoms with Crippen LogP contribution in [-0.2, 0) is 33.8 Å². The Bertz CT molecular complexity index is 1250. The zero-order valence-corrected chi connectivity index (χ0v) is 21.0. The Balaban J connectivity index is 1.63. The van der Waals surface area contributed by atoms with E-state index in [4.69, 9.17) is 10.5 Å². The highest BCUT2D eigenvalue weighted by Crippen LogP contribution is 2.30. The molecule has 3 heterocycles. The number of benzene rings is 1. The number of carbonyl (C=O) groups excluding carboxylic acids is 3. The molecule has 0 unspecified atom stereocenters. The van der Waals surface area contributed by atoms with Crippen molar-refractivity contribution in [1.29, 1.82) is 0 Å². The van der Waals surface area contributed by atoms with E-state index < -0.39 is 17.9 Å². The van der Waals surface area contributed by atoms with Gasteiger partial charge in [-0.1, -0.05) is 30.3 Å². The summed E-state index contributed by atoms with van der Waals surface area (Å²) in [6.45, 7) is 6.68. The molecule has 2 aromatic heterocycles. The summed E-state index contributed by atoms with van der Waals surface area (Å²) in [5, 5.41) is 4.95. The highest BCUT2D eigenvalue weighted by atomic mass is 32.1. The summed E-state index contributed by atoms with van der Waals surface area (Å²) in [4.78, 5) is 41.2. The largest absolute Gasteiger partial charge is 0.462 e. The molecule has 1 aliphatic rings. The van der Waals surface area contributed by atoms with Gasteiger partial charge in [-0.25, -0.2) is 4.79 Å². The second-order valence-corrected chi connectivity index (χ2v) is 9.70. The van der Waals surface area contributed by atoms with E-state index in [-0.39, 0.29) is 19.1 Å². The maximum absolute atomic E-state index is 13.3. The maximum atomic E-state index is 13.3. The van der Waals surface area contributed by atoms with Crippen LogP contribution in [-0.4, -0.2) is 46.4 Å². The van der Waals surface area contributed by atoms with E-state index in [1.807, 2.05) is 60.2 Å². The first-order valence-corrected chi connectivity index (χ1v) is 12.5. The Labute approximate surface area is 208 Å². The monoisotopic (exact) mass is 494 g/mol. The standard InChI is InChI=1S/C26H30N4O4S/c1-4-34-26(33)23-16(2)17(3)30(14-20-10-7-11-35-20)25(23)28-22(31)15-29-13-19-9-6-5-8-18(19)12-21(29)24(27)32/h5-11,21H,4,12-15H2,1-3H3,(H2,27,32)(H,28,31)/t21-/m1/s1. The van der Waals surface area contributed by atoms with Gasteiger partial charge in [0, 0.05) is 17.1 Å². The molecule has 4 rings (SSSR count). The van der Waals surface area contributed by atoms with Crippen LogP contribution < -0.4 is 11.1 Å². The molecule has 0 radical (unpaired) electrons. The number of rotatable bonds is 8. The molecule has 1 atom stereocenters. The summed E-state index contributed by atoms with van der Waals surface area (Å²) in [5.74, 6) is -0.862. The molecule has 184 valence electrons. The lowest BCUT2D eigenvalue weighted by Gasteiger charge is -2.34. The molecule has 9 heteroatoms. The van der Waals surface area contributed by atoms with Crippen molar-refractivity contribution in [1.82, 2.24) is 9.47 Å². The molecule has 1 aliphatic heterocycles. The molecule has 0 fully saturated rings. The second kappa shape index (κ2) is 10.5. The third-order valence-electron chi connectivity index (χ3n) is 6.48. The lowest BCUT2D eigenvalue weighted by Crippen LogP contribution is -2.51. The number of fused-ring (bicyclic) bond motifs is 1. The number of anilines is 1. The number of amides is 2. The molecular formula is C26H30N4O4S. The normalized spacial score (nSPS) is 15.5. The van der Waals surface area contributed by atoms with Crippen molar-refractivity contribution in [2.45, 2.75) is 46.3 Å². The van der Waals surface area contributed by atoms with Crippen molar-refractivity contribution in [3.63, 3.8) is 0 Å². The summed E-state index contributed by atoms with van der Waals surface area (Å²) in [5.41, 5.74) is 9.80. The van der Waals surface area contributed by atoms with Gasteiger partial charge in [0.2, 0.25) is 11.8 Å². The number of thiophene rings is 1. The first-order chi connectivity index (χ1) is 16.8. The molecule has 1 aromatic carbocycles. The van der Waals surface area contributed by atoms with Crippen molar-refractivity contribution in [2.24, 2.45) is 5.73 Å². The Morgan fingerprint density at radius 1 is 1.14 bits per heavy atom. The molecule has 8 nitrogen and oxygen atoms in total. The van der Waals surface area contributed by atoms with Gasteiger partial charge in [-0.3, -0.25) is 14.5 Å². The number of carbonyl (C=O) groups is 3. The number of primary amides is 1. The predicted molar refractivity (Wildman–Crippen MR) is 135 cm³/mol. The molecule has 35 heavy (non-hydrogen) atoms. The van der Waals surface area contributed by atoms with Crippen LogP contribution in [0.3, 0.4) is 0 Å². The van der Waals surface area contributed by atoms with Gasteiger partial charge >= 0.3 is 5.97 Å². The molecule has 0 aliphatic carbocycles. The summed E-state index contributed by atoms with van der Waals surface area (Å²) < 4.78 is 7.23. The van der Waals surface area contributed by atoms with Crippen LogP contribution in [0.5, 0.6) is 0 Å². The van der Waals surface area contributed by atoms with Crippen molar-refractivity contribution in [2.75, 3.05) is 18.5 Å². The number of nitrogens with two attached hydrogens (primary N) is 1. The number of esters is 1. The minimum absolute atomic E-state index is 0.0352. The van der Waals surface area contributed by atoms with E-state index in [0.29, 0.717) is 30.9 Å². The number of ether oxygens (including phenoxy) is 1. The summed E-state index contributed by atoms with van der Waals surface area (Å²) in [6, 6.07) is 11.2. The molecule has 3 aromatic rings. The molecule has 3 N–H and O–H groups in total. The van der Waals surface area contributed by atoms with Gasteiger partial charge in [-0.15, -0.1) is 11.3 Å². The smallest absolute Gasteiger partial charge is 0.342 e. The maximum Gasteiger partial charge on any atom is 0.342 e. The van der Waals surface area contributed by atoms with Crippen molar-refractivity contribution in [3.8, 4) is 0 Å². The quantitative estimate of drug-likeness (QED) is 0.468. The lowest BCUT2D eigenvalue weighted by molar-refractivity contribution is -0.125. The van der Waals surface area contributed by atoms with Gasteiger partial charge in [0.15, 0.2) is 0 Å². The van der Waals surface area contributed by atoms with Gasteiger partial charge in [0.05, 0.1) is 25.7 Å². The molecule has 0 saturated carbocycles. The number of hydrogen-bond acceptors (Lipinski definition) is 6. The van der Waals surface area contributed by atoms with Gasteiger partial charge in [-0.2, -0.15) is 0 Å². The molecule has 0 saturated heterocycles. The molecule has 0 spiro atoms. The Hall–Kier alpha value is -3.43. The van der Waals surface area contributed by atoms with Crippen LogP contribution >= 0.6 is 11.3 Å². The van der Waals surface area contributed by atoms with Gasteiger partial charge in [-0.05, 0) is 55.3 Å². The highest BCUT2D eigenvalue weighted by Gasteiger charge is 2.32. The zero-order chi connectivity index (χ0) is 25.1. The van der Waals surface area contributed by atoms with E-state index in [1.54, 1.807) is 23.2 Å². The van der Waals surface area contributed by atoms with E-state index in [2.05, 4.69) is 5.32 Å². The third kappa shape index (κ3) is 5.16. The van der Waals surface area contributed by atoms with Crippen LogP contribution in [0, 0.1) is 13.8 Å². The van der Waals surface area contributed by atoms with Crippen molar-refractivity contribution < 1.29 is 19.1 Å². The fourth-order valence-corrected chi connectivity index (χ4v) is 5.28. The highest BCUT2D eigenvalue weighted by molar-refractivity contribution is 7.09. The first-order valence-electron chi connectivity index (χ1n) is 11.6. The van der Waals surface area contributed by atoms with Crippen molar-refractivity contribution in [3.05, 3.63) is 74.6 Å². The molecule has 0 bridgehead atoms. The lowest BCUT2D eigenvalue weighted by atomic mass is 9.93.